The molecule has 6 atom stereocenters. The Bertz CT molecular complexity index is 1940. The average Bonchev–Trinajstić information content (AvgIpc) is 3.46. The van der Waals surface area contributed by atoms with Gasteiger partial charge in [0.1, 0.15) is 5.82 Å². The van der Waals surface area contributed by atoms with E-state index in [1.54, 1.807) is 30.3 Å². The second-order valence-corrected chi connectivity index (χ2v) is 14.9. The number of phenolic OH excluding ortho intramolecular Hbond substituents is 1. The van der Waals surface area contributed by atoms with Crippen molar-refractivity contribution >= 4 is 72.8 Å². The molecule has 0 bridgehead atoms. The summed E-state index contributed by atoms with van der Waals surface area (Å²) in [5, 5.41) is 12.4. The van der Waals surface area contributed by atoms with Gasteiger partial charge >= 0.3 is 0 Å². The molecule has 0 radical (unpaired) electrons. The van der Waals surface area contributed by atoms with E-state index in [0.717, 1.165) is 10.6 Å². The number of imide groups is 2. The van der Waals surface area contributed by atoms with Gasteiger partial charge in [-0.2, -0.15) is 5.01 Å². The maximum atomic E-state index is 15.3. The fourth-order valence-corrected chi connectivity index (χ4v) is 9.57. The normalized spacial score (nSPS) is 27.6. The van der Waals surface area contributed by atoms with Gasteiger partial charge in [-0.3, -0.25) is 29.5 Å². The molecule has 13 heteroatoms. The van der Waals surface area contributed by atoms with Crippen molar-refractivity contribution < 1.29 is 33.4 Å². The first-order chi connectivity index (χ1) is 23.4. The molecule has 4 aliphatic rings. The number of hydrogen-bond acceptors (Lipinski definition) is 7. The van der Waals surface area contributed by atoms with Crippen molar-refractivity contribution in [3.05, 3.63) is 97.2 Å². The van der Waals surface area contributed by atoms with Gasteiger partial charge < -0.3 is 9.84 Å². The Morgan fingerprint density at radius 2 is 1.69 bits per heavy atom. The minimum absolute atomic E-state index is 0.116. The third kappa shape index (κ3) is 4.96. The summed E-state index contributed by atoms with van der Waals surface area (Å²) in [5.41, 5.74) is 3.47. The molecule has 0 aromatic heterocycles. The van der Waals surface area contributed by atoms with Gasteiger partial charge in [0.25, 0.3) is 11.8 Å². The van der Waals surface area contributed by atoms with Gasteiger partial charge in [-0.15, -0.1) is 0 Å². The maximum absolute atomic E-state index is 15.3. The molecule has 9 nitrogen and oxygen atoms in total. The molecule has 2 aliphatic heterocycles. The third-order valence-electron chi connectivity index (χ3n) is 10.5. The highest BCUT2D eigenvalue weighted by Gasteiger charge is 2.70. The summed E-state index contributed by atoms with van der Waals surface area (Å²) < 4.78 is 20.1. The van der Waals surface area contributed by atoms with Crippen LogP contribution >= 0.6 is 43.5 Å². The summed E-state index contributed by atoms with van der Waals surface area (Å²) in [6.07, 6.45) is 2.97. The molecule has 2 heterocycles. The topological polar surface area (TPSA) is 116 Å². The highest BCUT2D eigenvalue weighted by molar-refractivity contribution is 9.13. The Kier molecular flexibility index (Phi) is 8.64. The number of benzene rings is 3. The summed E-state index contributed by atoms with van der Waals surface area (Å²) in [6.45, 7) is 2.21. The number of hydrogen-bond donors (Lipinski definition) is 2. The lowest BCUT2D eigenvalue weighted by molar-refractivity contribution is -0.141. The molecule has 2 N–H and O–H groups in total. The van der Waals surface area contributed by atoms with Gasteiger partial charge in [-0.05, 0) is 111 Å². The number of allylic oxidation sites excluding steroid dienone is 2. The molecule has 4 amide bonds. The molecule has 254 valence electrons. The quantitative estimate of drug-likeness (QED) is 0.193. The van der Waals surface area contributed by atoms with Crippen LogP contribution in [0.25, 0.3) is 0 Å². The minimum Gasteiger partial charge on any atom is -0.503 e. The number of phenols is 1. The summed E-state index contributed by atoms with van der Waals surface area (Å²) in [4.78, 5) is 58.9. The number of anilines is 1. The van der Waals surface area contributed by atoms with Crippen LogP contribution in [0.4, 0.5) is 10.1 Å². The number of halogens is 4. The van der Waals surface area contributed by atoms with Crippen molar-refractivity contribution in [3.63, 3.8) is 0 Å². The first-order valence-electron chi connectivity index (χ1n) is 15.9. The van der Waals surface area contributed by atoms with Crippen LogP contribution in [0.1, 0.15) is 43.2 Å². The Morgan fingerprint density at radius 3 is 2.35 bits per heavy atom. The van der Waals surface area contributed by atoms with Crippen LogP contribution in [-0.2, 0) is 24.6 Å². The number of amides is 4. The van der Waals surface area contributed by atoms with Crippen LogP contribution in [0, 0.1) is 29.5 Å². The molecule has 3 aromatic rings. The zero-order valence-corrected chi connectivity index (χ0v) is 30.3. The lowest BCUT2D eigenvalue weighted by Crippen LogP contribution is -2.53. The number of ether oxygens (including phenoxy) is 1. The van der Waals surface area contributed by atoms with E-state index in [2.05, 4.69) is 37.3 Å². The molecular weight excluding hydrogens is 785 g/mol. The summed E-state index contributed by atoms with van der Waals surface area (Å²) in [7, 11) is 1.41. The van der Waals surface area contributed by atoms with Crippen LogP contribution < -0.4 is 10.2 Å². The number of hydrazine groups is 1. The second-order valence-electron chi connectivity index (χ2n) is 12.8. The van der Waals surface area contributed by atoms with Crippen molar-refractivity contribution in [2.45, 2.75) is 37.5 Å². The number of methoxy groups -OCH3 is 1. The zero-order chi connectivity index (χ0) is 34.9. The zero-order valence-electron chi connectivity index (χ0n) is 26.4. The van der Waals surface area contributed by atoms with E-state index in [9.17, 15) is 23.9 Å². The van der Waals surface area contributed by atoms with Crippen molar-refractivity contribution in [2.75, 3.05) is 19.1 Å². The molecular formula is C36H31Br2ClFN3O6. The fraction of sp³-hybridized carbons (Fsp3) is 0.333. The van der Waals surface area contributed by atoms with Crippen molar-refractivity contribution in [1.29, 1.82) is 0 Å². The number of aromatic hydroxyl groups is 1. The van der Waals surface area contributed by atoms with Gasteiger partial charge in [0.05, 0.1) is 40.4 Å². The average molecular weight is 816 g/mol. The van der Waals surface area contributed by atoms with Gasteiger partial charge in [-0.25, -0.2) is 4.39 Å². The first-order valence-corrected chi connectivity index (χ1v) is 17.9. The van der Waals surface area contributed by atoms with Gasteiger partial charge in [0.15, 0.2) is 11.5 Å². The molecule has 2 saturated heterocycles. The molecule has 2 aliphatic carbocycles. The Morgan fingerprint density at radius 1 is 1.00 bits per heavy atom. The maximum Gasteiger partial charge on any atom is 0.260 e. The molecule has 7 rings (SSSR count). The molecule has 3 aromatic carbocycles. The first kappa shape index (κ1) is 33.7. The van der Waals surface area contributed by atoms with Gasteiger partial charge in [0.2, 0.25) is 11.8 Å². The van der Waals surface area contributed by atoms with Gasteiger partial charge in [-0.1, -0.05) is 42.3 Å². The number of fused-ring (bicyclic) bond motifs is 4. The van der Waals surface area contributed by atoms with E-state index < -0.39 is 52.6 Å². The monoisotopic (exact) mass is 813 g/mol. The van der Waals surface area contributed by atoms with Crippen LogP contribution in [0.5, 0.6) is 11.5 Å². The number of carbonyl (C=O) groups excluding carboxylic acids is 4. The van der Waals surface area contributed by atoms with Gasteiger partial charge in [0, 0.05) is 22.0 Å². The fourth-order valence-electron chi connectivity index (χ4n) is 8.49. The van der Waals surface area contributed by atoms with Crippen LogP contribution in [0.2, 0.25) is 5.02 Å². The molecule has 49 heavy (non-hydrogen) atoms. The van der Waals surface area contributed by atoms with Crippen molar-refractivity contribution in [3.8, 4) is 11.5 Å². The molecule has 3 fully saturated rings. The summed E-state index contributed by atoms with van der Waals surface area (Å²) in [6, 6.07) is 13.7. The highest BCUT2D eigenvalue weighted by atomic mass is 79.9. The van der Waals surface area contributed by atoms with Crippen molar-refractivity contribution in [1.82, 2.24) is 9.91 Å². The molecule has 1 saturated carbocycles. The lowest BCUT2D eigenvalue weighted by Gasteiger charge is -2.51. The predicted molar refractivity (Wildman–Crippen MR) is 186 cm³/mol. The van der Waals surface area contributed by atoms with Crippen LogP contribution in [0.3, 0.4) is 0 Å². The molecule has 6 unspecified atom stereocenters. The largest absolute Gasteiger partial charge is 0.503 e. The number of rotatable bonds is 7. The minimum atomic E-state index is -1.58. The Hall–Kier alpha value is -3.74. The highest BCUT2D eigenvalue weighted by Crippen LogP contribution is 2.65. The van der Waals surface area contributed by atoms with E-state index in [-0.39, 0.29) is 40.6 Å². The Labute approximate surface area is 303 Å². The third-order valence-corrected chi connectivity index (χ3v) is 12.9. The molecule has 0 spiro atoms. The number of carbonyl (C=O) groups is 4. The number of nitrogens with zero attached hydrogens (tertiary/aromatic N) is 2. The standard InChI is InChI=1S/C36H31Br2ClFN3O6/c1-3-14-42-32(45)22-13-12-21-23(27(22)34(42)47)15-25-33(46)43(41-20-10-8-19(40)9-11-20)35(48)36(25,17-4-6-18(39)7-5-17)28(21)24-16-26(49-2)31(44)30(38)29(24)37/h4-12,16,22-23,25,27-28,41,44H,3,13-15H2,1-2H3. The Balaban J connectivity index is 1.50. The van der Waals surface area contributed by atoms with E-state index in [1.165, 1.54) is 36.3 Å². The van der Waals surface area contributed by atoms with E-state index in [4.69, 9.17) is 16.3 Å². The SMILES string of the molecule is CCCN1C(=O)C2CC=C3C(CC4C(=O)N(Nc5ccc(F)cc5)C(=O)C4(c4ccc(Cl)cc4)C3c3cc(OC)c(O)c(Br)c3Br)C2C1=O. The van der Waals surface area contributed by atoms with Crippen LogP contribution in [0.15, 0.2) is 75.2 Å². The second kappa shape index (κ2) is 12.5. The van der Waals surface area contributed by atoms with Crippen LogP contribution in [-0.4, -0.2) is 52.3 Å². The van der Waals surface area contributed by atoms with Crippen molar-refractivity contribution in [2.24, 2.45) is 23.7 Å². The number of likely N-dealkylation sites (tertiary alicyclic amines) is 1. The van der Waals surface area contributed by atoms with E-state index in [1.807, 2.05) is 13.0 Å². The van der Waals surface area contributed by atoms with E-state index in [0.29, 0.717) is 39.3 Å². The summed E-state index contributed by atoms with van der Waals surface area (Å²) >= 11 is 13.5. The predicted octanol–water partition coefficient (Wildman–Crippen LogP) is 7.11. The number of nitrogens with one attached hydrogen (secondary N) is 1. The smallest absolute Gasteiger partial charge is 0.260 e. The lowest BCUT2D eigenvalue weighted by atomic mass is 9.49. The van der Waals surface area contributed by atoms with E-state index >= 15 is 4.79 Å². The summed E-state index contributed by atoms with van der Waals surface area (Å²) in [5.74, 6) is -5.83.